The molecule has 3 aromatic rings. The predicted molar refractivity (Wildman–Crippen MR) is 105 cm³/mol. The minimum absolute atomic E-state index is 0.0946. The molecule has 3 rings (SSSR count). The Morgan fingerprint density at radius 1 is 1.13 bits per heavy atom. The number of anilines is 1. The maximum atomic E-state index is 13.9. The molecule has 0 radical (unpaired) electrons. The van der Waals surface area contributed by atoms with Gasteiger partial charge in [0.2, 0.25) is 0 Å². The van der Waals surface area contributed by atoms with Crippen molar-refractivity contribution in [2.75, 3.05) is 11.8 Å². The fourth-order valence-corrected chi connectivity index (χ4v) is 3.87. The van der Waals surface area contributed by atoms with Gasteiger partial charge in [-0.2, -0.15) is 18.3 Å². The second kappa shape index (κ2) is 8.12. The number of aromatic nitrogens is 2. The monoisotopic (exact) mass is 435 g/mol. The van der Waals surface area contributed by atoms with E-state index in [-0.39, 0.29) is 10.5 Å². The standard InChI is InChI=1S/C20H16F3N3O3S/c1-3-13-26-18(20(21,22)23)17(14-9-11-15(29-2)12-10-14)19(24-26)25-30(27,28)16-7-5-4-6-8-16/h1,4-12H,13H2,2H3,(H,24,25). The van der Waals surface area contributed by atoms with Crippen LogP contribution in [0.2, 0.25) is 0 Å². The topological polar surface area (TPSA) is 73.2 Å². The van der Waals surface area contributed by atoms with E-state index in [1.165, 1.54) is 55.6 Å². The molecule has 156 valence electrons. The first-order valence-electron chi connectivity index (χ1n) is 8.51. The molecule has 0 spiro atoms. The molecular weight excluding hydrogens is 419 g/mol. The van der Waals surface area contributed by atoms with Crippen molar-refractivity contribution in [3.8, 4) is 29.2 Å². The predicted octanol–water partition coefficient (Wildman–Crippen LogP) is 4.01. The van der Waals surface area contributed by atoms with Gasteiger partial charge in [-0.05, 0) is 29.8 Å². The van der Waals surface area contributed by atoms with E-state index in [0.717, 1.165) is 0 Å². The Kier molecular flexibility index (Phi) is 5.75. The molecular formula is C20H16F3N3O3S. The molecule has 0 saturated heterocycles. The van der Waals surface area contributed by atoms with Crippen molar-refractivity contribution in [3.63, 3.8) is 0 Å². The number of nitrogens with zero attached hydrogens (tertiary/aromatic N) is 2. The third-order valence-corrected chi connectivity index (χ3v) is 5.48. The summed E-state index contributed by atoms with van der Waals surface area (Å²) in [6.07, 6.45) is 0.356. The van der Waals surface area contributed by atoms with Crippen molar-refractivity contribution >= 4 is 15.8 Å². The molecule has 10 heteroatoms. The third kappa shape index (κ3) is 4.26. The number of halogens is 3. The first kappa shape index (κ1) is 21.3. The lowest BCUT2D eigenvalue weighted by Gasteiger charge is -2.12. The van der Waals surface area contributed by atoms with E-state index in [4.69, 9.17) is 11.2 Å². The van der Waals surface area contributed by atoms with Crippen molar-refractivity contribution < 1.29 is 26.3 Å². The highest BCUT2D eigenvalue weighted by atomic mass is 32.2. The Morgan fingerprint density at radius 3 is 2.30 bits per heavy atom. The van der Waals surface area contributed by atoms with Gasteiger partial charge in [0.1, 0.15) is 12.3 Å². The van der Waals surface area contributed by atoms with Crippen molar-refractivity contribution in [2.24, 2.45) is 0 Å². The number of rotatable bonds is 6. The number of benzene rings is 2. The summed E-state index contributed by atoms with van der Waals surface area (Å²) in [5.74, 6) is 2.05. The zero-order valence-electron chi connectivity index (χ0n) is 15.6. The number of hydrogen-bond donors (Lipinski definition) is 1. The maximum Gasteiger partial charge on any atom is 0.433 e. The van der Waals surface area contributed by atoms with Crippen LogP contribution in [0.3, 0.4) is 0 Å². The SMILES string of the molecule is C#CCn1nc(NS(=O)(=O)c2ccccc2)c(-c2ccc(OC)cc2)c1C(F)(F)F. The first-order chi connectivity index (χ1) is 14.2. The molecule has 0 bridgehead atoms. The Morgan fingerprint density at radius 2 is 1.77 bits per heavy atom. The van der Waals surface area contributed by atoms with Gasteiger partial charge < -0.3 is 4.74 Å². The molecule has 30 heavy (non-hydrogen) atoms. The van der Waals surface area contributed by atoms with Crippen molar-refractivity contribution in [2.45, 2.75) is 17.6 Å². The Labute approximate surface area is 171 Å². The van der Waals surface area contributed by atoms with Crippen LogP contribution in [0.1, 0.15) is 5.69 Å². The van der Waals surface area contributed by atoms with Crippen LogP contribution in [0.4, 0.5) is 19.0 Å². The Hall–Kier alpha value is -3.45. The molecule has 6 nitrogen and oxygen atoms in total. The molecule has 1 heterocycles. The summed E-state index contributed by atoms with van der Waals surface area (Å²) >= 11 is 0. The van der Waals surface area contributed by atoms with Gasteiger partial charge in [0.25, 0.3) is 10.0 Å². The molecule has 0 fully saturated rings. The summed E-state index contributed by atoms with van der Waals surface area (Å²) in [6.45, 7) is -0.495. The van der Waals surface area contributed by atoms with Gasteiger partial charge in [-0.1, -0.05) is 36.3 Å². The lowest BCUT2D eigenvalue weighted by atomic mass is 10.0. The van der Waals surface area contributed by atoms with Gasteiger partial charge in [-0.25, -0.2) is 13.1 Å². The quantitative estimate of drug-likeness (QED) is 0.594. The summed E-state index contributed by atoms with van der Waals surface area (Å²) in [6, 6.07) is 12.9. The van der Waals surface area contributed by atoms with Gasteiger partial charge >= 0.3 is 6.18 Å². The Bertz CT molecular complexity index is 1180. The lowest BCUT2D eigenvalue weighted by Crippen LogP contribution is -2.15. The fraction of sp³-hybridized carbons (Fsp3) is 0.150. The van der Waals surface area contributed by atoms with E-state index in [9.17, 15) is 21.6 Å². The van der Waals surface area contributed by atoms with E-state index in [2.05, 4.69) is 15.7 Å². The van der Waals surface area contributed by atoms with Gasteiger partial charge in [-0.15, -0.1) is 6.42 Å². The van der Waals surface area contributed by atoms with Crippen LogP contribution < -0.4 is 9.46 Å². The van der Waals surface area contributed by atoms with Crippen molar-refractivity contribution in [1.82, 2.24) is 9.78 Å². The zero-order valence-corrected chi connectivity index (χ0v) is 16.5. The van der Waals surface area contributed by atoms with Crippen LogP contribution in [-0.4, -0.2) is 25.3 Å². The van der Waals surface area contributed by atoms with Gasteiger partial charge in [0.15, 0.2) is 11.5 Å². The summed E-state index contributed by atoms with van der Waals surface area (Å²) in [5, 5.41) is 3.83. The number of sulfonamides is 1. The number of alkyl halides is 3. The summed E-state index contributed by atoms with van der Waals surface area (Å²) in [7, 11) is -2.77. The van der Waals surface area contributed by atoms with Crippen LogP contribution in [0.25, 0.3) is 11.1 Å². The molecule has 0 unspecified atom stereocenters. The smallest absolute Gasteiger partial charge is 0.433 e. The average Bonchev–Trinajstić information content (AvgIpc) is 3.06. The number of terminal acetylenes is 1. The molecule has 0 saturated carbocycles. The van der Waals surface area contributed by atoms with Crippen LogP contribution in [0.5, 0.6) is 5.75 Å². The Balaban J connectivity index is 2.22. The van der Waals surface area contributed by atoms with Gasteiger partial charge in [0.05, 0.1) is 17.6 Å². The van der Waals surface area contributed by atoms with E-state index in [0.29, 0.717) is 10.4 Å². The third-order valence-electron chi connectivity index (χ3n) is 4.13. The highest BCUT2D eigenvalue weighted by Crippen LogP contribution is 2.42. The number of ether oxygens (including phenoxy) is 1. The summed E-state index contributed by atoms with van der Waals surface area (Å²) in [5.41, 5.74) is -1.49. The second-order valence-corrected chi connectivity index (χ2v) is 7.76. The minimum Gasteiger partial charge on any atom is -0.497 e. The molecule has 0 amide bonds. The normalized spacial score (nSPS) is 11.7. The average molecular weight is 435 g/mol. The van der Waals surface area contributed by atoms with Gasteiger partial charge in [-0.3, -0.25) is 4.72 Å². The van der Waals surface area contributed by atoms with Crippen LogP contribution >= 0.6 is 0 Å². The number of methoxy groups -OCH3 is 1. The van der Waals surface area contributed by atoms with Crippen molar-refractivity contribution in [1.29, 1.82) is 0 Å². The molecule has 0 aliphatic carbocycles. The fourth-order valence-electron chi connectivity index (χ4n) is 2.84. The molecule has 1 N–H and O–H groups in total. The summed E-state index contributed by atoms with van der Waals surface area (Å²) in [4.78, 5) is -0.120. The highest BCUT2D eigenvalue weighted by Gasteiger charge is 2.41. The number of hydrogen-bond acceptors (Lipinski definition) is 4. The summed E-state index contributed by atoms with van der Waals surface area (Å²) < 4.78 is 74.9. The minimum atomic E-state index is -4.84. The largest absolute Gasteiger partial charge is 0.497 e. The molecule has 0 aliphatic heterocycles. The van der Waals surface area contributed by atoms with Gasteiger partial charge in [0, 0.05) is 0 Å². The van der Waals surface area contributed by atoms with E-state index in [1.54, 1.807) is 6.07 Å². The first-order valence-corrected chi connectivity index (χ1v) is 9.99. The highest BCUT2D eigenvalue weighted by molar-refractivity contribution is 7.92. The maximum absolute atomic E-state index is 13.9. The van der Waals surface area contributed by atoms with E-state index in [1.807, 2.05) is 0 Å². The second-order valence-electron chi connectivity index (χ2n) is 6.08. The molecule has 0 atom stereocenters. The van der Waals surface area contributed by atoms with E-state index >= 15 is 0 Å². The van der Waals surface area contributed by atoms with Crippen molar-refractivity contribution in [3.05, 3.63) is 60.3 Å². The molecule has 2 aromatic carbocycles. The van der Waals surface area contributed by atoms with Crippen LogP contribution in [-0.2, 0) is 22.7 Å². The van der Waals surface area contributed by atoms with Crippen LogP contribution in [0.15, 0.2) is 59.5 Å². The number of nitrogens with one attached hydrogen (secondary N) is 1. The zero-order chi connectivity index (χ0) is 21.9. The van der Waals surface area contributed by atoms with E-state index < -0.39 is 39.8 Å². The lowest BCUT2D eigenvalue weighted by molar-refractivity contribution is -0.143. The molecule has 0 aliphatic rings. The van der Waals surface area contributed by atoms with Crippen LogP contribution in [0, 0.1) is 12.3 Å². The molecule has 1 aromatic heterocycles.